The minimum Gasteiger partial charge on any atom is -0.496 e. The van der Waals surface area contributed by atoms with Gasteiger partial charge in [0.15, 0.2) is 0 Å². The Hall–Kier alpha value is -1.62. The third-order valence-corrected chi connectivity index (χ3v) is 3.97. The number of carbonyl (C=O) groups is 1. The van der Waals surface area contributed by atoms with Crippen LogP contribution in [0.2, 0.25) is 0 Å². The largest absolute Gasteiger partial charge is 0.496 e. The zero-order chi connectivity index (χ0) is 13.4. The number of amides is 1. The molecule has 1 N–H and O–H groups in total. The predicted molar refractivity (Wildman–Crippen MR) is 70.2 cm³/mol. The molecule has 2 saturated heterocycles. The lowest BCUT2D eigenvalue weighted by Crippen LogP contribution is -2.30. The molecular weight excluding hydrogens is 244 g/mol. The van der Waals surface area contributed by atoms with Gasteiger partial charge in [0.05, 0.1) is 25.2 Å². The topological polar surface area (TPSA) is 60.5 Å². The zero-order valence-corrected chi connectivity index (χ0v) is 11.2. The van der Waals surface area contributed by atoms with Crippen LogP contribution in [0.5, 0.6) is 5.75 Å². The molecule has 0 spiro atoms. The van der Waals surface area contributed by atoms with E-state index in [9.17, 15) is 4.79 Å². The number of fused-ring (bicyclic) bond motifs is 2. The molecule has 0 radical (unpaired) electrons. The number of hydrogen-bond acceptors (Lipinski definition) is 4. The van der Waals surface area contributed by atoms with Crippen molar-refractivity contribution in [3.63, 3.8) is 0 Å². The van der Waals surface area contributed by atoms with Crippen LogP contribution in [-0.2, 0) is 9.53 Å². The Morgan fingerprint density at radius 3 is 3.00 bits per heavy atom. The number of nitrogens with one attached hydrogen (secondary N) is 1. The Bertz CT molecular complexity index is 503. The van der Waals surface area contributed by atoms with Crippen molar-refractivity contribution < 1.29 is 14.3 Å². The summed E-state index contributed by atoms with van der Waals surface area (Å²) in [4.78, 5) is 16.4. The van der Waals surface area contributed by atoms with Gasteiger partial charge in [-0.1, -0.05) is 0 Å². The minimum absolute atomic E-state index is 0.00519. The van der Waals surface area contributed by atoms with Crippen LogP contribution in [-0.4, -0.2) is 30.2 Å². The summed E-state index contributed by atoms with van der Waals surface area (Å²) in [5.41, 5.74) is 0.948. The van der Waals surface area contributed by atoms with Crippen molar-refractivity contribution in [2.75, 3.05) is 12.4 Å². The van der Waals surface area contributed by atoms with Crippen molar-refractivity contribution in [2.45, 2.75) is 38.4 Å². The minimum atomic E-state index is -0.0344. The van der Waals surface area contributed by atoms with Crippen molar-refractivity contribution in [3.8, 4) is 5.75 Å². The molecule has 0 saturated carbocycles. The number of ether oxygens (including phenoxy) is 2. The molecule has 5 nitrogen and oxygen atoms in total. The number of nitrogens with zero attached hydrogens (tertiary/aromatic N) is 1. The van der Waals surface area contributed by atoms with Gasteiger partial charge in [-0.05, 0) is 26.2 Å². The van der Waals surface area contributed by atoms with Crippen LogP contribution in [0.3, 0.4) is 0 Å². The lowest BCUT2D eigenvalue weighted by Gasteiger charge is -2.17. The van der Waals surface area contributed by atoms with E-state index in [-0.39, 0.29) is 24.0 Å². The number of carbonyl (C=O) groups excluding carboxylic acids is 1. The summed E-state index contributed by atoms with van der Waals surface area (Å²) in [6.45, 7) is 1.92. The van der Waals surface area contributed by atoms with Crippen LogP contribution in [0.15, 0.2) is 12.3 Å². The Kier molecular flexibility index (Phi) is 3.14. The quantitative estimate of drug-likeness (QED) is 0.904. The monoisotopic (exact) mass is 262 g/mol. The highest BCUT2D eigenvalue weighted by atomic mass is 16.5. The second-order valence-corrected chi connectivity index (χ2v) is 5.24. The van der Waals surface area contributed by atoms with E-state index in [1.165, 1.54) is 0 Å². The fourth-order valence-electron chi connectivity index (χ4n) is 2.93. The van der Waals surface area contributed by atoms with E-state index in [1.807, 2.05) is 6.92 Å². The summed E-state index contributed by atoms with van der Waals surface area (Å²) in [5.74, 6) is 1.24. The molecule has 1 aromatic heterocycles. The number of rotatable bonds is 3. The van der Waals surface area contributed by atoms with Gasteiger partial charge in [-0.2, -0.15) is 0 Å². The number of pyridine rings is 1. The van der Waals surface area contributed by atoms with Gasteiger partial charge in [-0.3, -0.25) is 4.79 Å². The molecule has 2 aliphatic heterocycles. The summed E-state index contributed by atoms with van der Waals surface area (Å²) >= 11 is 0. The second kappa shape index (κ2) is 4.81. The van der Waals surface area contributed by atoms with Gasteiger partial charge >= 0.3 is 0 Å². The summed E-state index contributed by atoms with van der Waals surface area (Å²) < 4.78 is 10.9. The average molecular weight is 262 g/mol. The van der Waals surface area contributed by atoms with Gasteiger partial charge in [0, 0.05) is 17.8 Å². The molecule has 102 valence electrons. The average Bonchev–Trinajstić information content (AvgIpc) is 3.03. The van der Waals surface area contributed by atoms with Gasteiger partial charge in [0.25, 0.3) is 0 Å². The van der Waals surface area contributed by atoms with Crippen molar-refractivity contribution in [1.82, 2.24) is 4.98 Å². The standard InChI is InChI=1S/C14H18N2O3/c1-8-7-15-13(6-12(8)18-2)16-14(17)10-5-9-3-4-11(10)19-9/h6-7,9-11H,3-5H2,1-2H3,(H,15,16,17)/t9-,10-,11+/m1/s1. The van der Waals surface area contributed by atoms with Crippen molar-refractivity contribution in [1.29, 1.82) is 0 Å². The van der Waals surface area contributed by atoms with Crippen molar-refractivity contribution in [2.24, 2.45) is 5.92 Å². The van der Waals surface area contributed by atoms with Gasteiger partial charge in [0.1, 0.15) is 11.6 Å². The van der Waals surface area contributed by atoms with E-state index < -0.39 is 0 Å². The smallest absolute Gasteiger partial charge is 0.231 e. The van der Waals surface area contributed by atoms with Crippen LogP contribution in [0, 0.1) is 12.8 Å². The first-order valence-corrected chi connectivity index (χ1v) is 6.64. The molecule has 2 aliphatic rings. The highest BCUT2D eigenvalue weighted by Gasteiger charge is 2.44. The number of aryl methyl sites for hydroxylation is 1. The molecule has 0 aliphatic carbocycles. The van der Waals surface area contributed by atoms with E-state index in [2.05, 4.69) is 10.3 Å². The van der Waals surface area contributed by atoms with Crippen LogP contribution >= 0.6 is 0 Å². The maximum atomic E-state index is 12.2. The van der Waals surface area contributed by atoms with Crippen LogP contribution in [0.25, 0.3) is 0 Å². The number of methoxy groups -OCH3 is 1. The summed E-state index contributed by atoms with van der Waals surface area (Å²) in [7, 11) is 1.61. The SMILES string of the molecule is COc1cc(NC(=O)[C@@H]2C[C@H]3CC[C@@H]2O3)ncc1C. The molecule has 19 heavy (non-hydrogen) atoms. The van der Waals surface area contributed by atoms with Gasteiger partial charge in [0.2, 0.25) is 5.91 Å². The Balaban J connectivity index is 1.69. The molecule has 2 bridgehead atoms. The zero-order valence-electron chi connectivity index (χ0n) is 11.2. The van der Waals surface area contributed by atoms with E-state index in [0.29, 0.717) is 5.82 Å². The fraction of sp³-hybridized carbons (Fsp3) is 0.571. The normalized spacial score (nSPS) is 28.4. The maximum Gasteiger partial charge on any atom is 0.231 e. The third-order valence-electron chi connectivity index (χ3n) is 3.97. The molecule has 5 heteroatoms. The van der Waals surface area contributed by atoms with Gasteiger partial charge in [-0.25, -0.2) is 4.98 Å². The third kappa shape index (κ3) is 2.30. The first kappa shape index (κ1) is 12.4. The Labute approximate surface area is 112 Å². The van der Waals surface area contributed by atoms with E-state index in [0.717, 1.165) is 30.6 Å². The first-order valence-electron chi connectivity index (χ1n) is 6.64. The number of aromatic nitrogens is 1. The molecule has 3 rings (SSSR count). The Morgan fingerprint density at radius 1 is 1.53 bits per heavy atom. The molecule has 2 fully saturated rings. The van der Waals surface area contributed by atoms with Crippen molar-refractivity contribution in [3.05, 3.63) is 17.8 Å². The van der Waals surface area contributed by atoms with Gasteiger partial charge < -0.3 is 14.8 Å². The highest BCUT2D eigenvalue weighted by Crippen LogP contribution is 2.39. The lowest BCUT2D eigenvalue weighted by molar-refractivity contribution is -0.121. The predicted octanol–water partition coefficient (Wildman–Crippen LogP) is 1.90. The van der Waals surface area contributed by atoms with Crippen LogP contribution in [0.1, 0.15) is 24.8 Å². The molecular formula is C14H18N2O3. The summed E-state index contributed by atoms with van der Waals surface area (Å²) in [6.07, 6.45) is 4.99. The first-order chi connectivity index (χ1) is 9.17. The van der Waals surface area contributed by atoms with Crippen molar-refractivity contribution >= 4 is 11.7 Å². The molecule has 0 aromatic carbocycles. The summed E-state index contributed by atoms with van der Waals surface area (Å²) in [5, 5.41) is 2.86. The molecule has 3 heterocycles. The maximum absolute atomic E-state index is 12.2. The highest BCUT2D eigenvalue weighted by molar-refractivity contribution is 5.92. The number of anilines is 1. The molecule has 1 aromatic rings. The van der Waals surface area contributed by atoms with E-state index >= 15 is 0 Å². The summed E-state index contributed by atoms with van der Waals surface area (Å²) in [6, 6.07) is 1.75. The van der Waals surface area contributed by atoms with Gasteiger partial charge in [-0.15, -0.1) is 0 Å². The molecule has 0 unspecified atom stereocenters. The molecule has 3 atom stereocenters. The fourth-order valence-corrected chi connectivity index (χ4v) is 2.93. The lowest BCUT2D eigenvalue weighted by atomic mass is 9.88. The Morgan fingerprint density at radius 2 is 2.37 bits per heavy atom. The molecule has 1 amide bonds. The second-order valence-electron chi connectivity index (χ2n) is 5.24. The van der Waals surface area contributed by atoms with E-state index in [4.69, 9.17) is 9.47 Å². The van der Waals surface area contributed by atoms with Crippen LogP contribution < -0.4 is 10.1 Å². The van der Waals surface area contributed by atoms with E-state index in [1.54, 1.807) is 19.4 Å². The van der Waals surface area contributed by atoms with Crippen LogP contribution in [0.4, 0.5) is 5.82 Å². The number of hydrogen-bond donors (Lipinski definition) is 1.